The van der Waals surface area contributed by atoms with Crippen LogP contribution in [0.2, 0.25) is 0 Å². The number of hydrogen-bond acceptors (Lipinski definition) is 2. The summed E-state index contributed by atoms with van der Waals surface area (Å²) in [6.07, 6.45) is 11.7. The summed E-state index contributed by atoms with van der Waals surface area (Å²) < 4.78 is 0. The first kappa shape index (κ1) is 15.7. The fraction of sp³-hybridized carbons (Fsp3) is 1.00. The van der Waals surface area contributed by atoms with Crippen molar-refractivity contribution in [2.24, 2.45) is 17.8 Å². The highest BCUT2D eigenvalue weighted by Gasteiger charge is 2.32. The Morgan fingerprint density at radius 1 is 1.05 bits per heavy atom. The van der Waals surface area contributed by atoms with Crippen LogP contribution in [0.4, 0.5) is 0 Å². The second-order valence-electron chi connectivity index (χ2n) is 6.57. The Morgan fingerprint density at radius 2 is 1.79 bits per heavy atom. The Morgan fingerprint density at radius 3 is 2.47 bits per heavy atom. The van der Waals surface area contributed by atoms with E-state index in [1.807, 2.05) is 0 Å². The average Bonchev–Trinajstić information content (AvgIpc) is 2.48. The molecule has 1 heterocycles. The van der Waals surface area contributed by atoms with E-state index in [0.29, 0.717) is 0 Å². The summed E-state index contributed by atoms with van der Waals surface area (Å²) in [6.45, 7) is 5.84. The van der Waals surface area contributed by atoms with Gasteiger partial charge in [-0.2, -0.15) is 11.8 Å². The van der Waals surface area contributed by atoms with E-state index in [4.69, 9.17) is 0 Å². The molecule has 2 fully saturated rings. The zero-order valence-electron chi connectivity index (χ0n) is 13.0. The number of thioether (sulfide) groups is 1. The van der Waals surface area contributed by atoms with Crippen LogP contribution in [-0.2, 0) is 0 Å². The summed E-state index contributed by atoms with van der Waals surface area (Å²) in [6, 6.07) is 0.809. The van der Waals surface area contributed by atoms with Gasteiger partial charge >= 0.3 is 0 Å². The average molecular weight is 284 g/mol. The van der Waals surface area contributed by atoms with E-state index in [9.17, 15) is 0 Å². The molecule has 0 amide bonds. The minimum absolute atomic E-state index is 0.809. The molecule has 2 heteroatoms. The van der Waals surface area contributed by atoms with Crippen LogP contribution in [0.15, 0.2) is 0 Å². The van der Waals surface area contributed by atoms with E-state index in [1.165, 1.54) is 62.9 Å². The zero-order valence-corrected chi connectivity index (χ0v) is 13.8. The van der Waals surface area contributed by atoms with Crippen LogP contribution in [0.25, 0.3) is 0 Å². The molecule has 1 N–H and O–H groups in total. The van der Waals surface area contributed by atoms with Crippen molar-refractivity contribution < 1.29 is 0 Å². The minimum Gasteiger partial charge on any atom is -0.314 e. The molecule has 1 saturated heterocycles. The molecule has 2 rings (SSSR count). The molecule has 0 bridgehead atoms. The fourth-order valence-electron chi connectivity index (χ4n) is 4.29. The highest BCUT2D eigenvalue weighted by atomic mass is 32.2. The van der Waals surface area contributed by atoms with Crippen molar-refractivity contribution >= 4 is 11.8 Å². The van der Waals surface area contributed by atoms with E-state index >= 15 is 0 Å². The van der Waals surface area contributed by atoms with Crippen molar-refractivity contribution in [1.82, 2.24) is 5.32 Å². The Labute approximate surface area is 124 Å². The molecule has 1 aliphatic carbocycles. The van der Waals surface area contributed by atoms with Crippen molar-refractivity contribution in [3.63, 3.8) is 0 Å². The molecule has 0 spiro atoms. The molecule has 1 aliphatic heterocycles. The maximum absolute atomic E-state index is 3.86. The predicted molar refractivity (Wildman–Crippen MR) is 87.9 cm³/mol. The third-order valence-electron chi connectivity index (χ3n) is 5.40. The second-order valence-corrected chi connectivity index (χ2v) is 7.80. The van der Waals surface area contributed by atoms with Gasteiger partial charge in [0.05, 0.1) is 0 Å². The lowest BCUT2D eigenvalue weighted by atomic mass is 9.71. The topological polar surface area (TPSA) is 12.0 Å². The van der Waals surface area contributed by atoms with Gasteiger partial charge in [0.25, 0.3) is 0 Å². The summed E-state index contributed by atoms with van der Waals surface area (Å²) in [5.41, 5.74) is 0. The largest absolute Gasteiger partial charge is 0.314 e. The Hall–Kier alpha value is 0.310. The van der Waals surface area contributed by atoms with Crippen molar-refractivity contribution in [2.75, 3.05) is 18.1 Å². The highest BCUT2D eigenvalue weighted by Crippen LogP contribution is 2.37. The molecule has 0 radical (unpaired) electrons. The first-order chi connectivity index (χ1) is 9.35. The monoisotopic (exact) mass is 283 g/mol. The summed E-state index contributed by atoms with van der Waals surface area (Å²) >= 11 is 2.16. The summed E-state index contributed by atoms with van der Waals surface area (Å²) in [4.78, 5) is 0. The minimum atomic E-state index is 0.809. The molecule has 1 nitrogen and oxygen atoms in total. The maximum atomic E-state index is 3.86. The smallest absolute Gasteiger partial charge is 0.0100 e. The number of hydrogen-bond donors (Lipinski definition) is 1. The van der Waals surface area contributed by atoms with Gasteiger partial charge < -0.3 is 5.32 Å². The quantitative estimate of drug-likeness (QED) is 0.757. The van der Waals surface area contributed by atoms with Crippen molar-refractivity contribution in [2.45, 2.75) is 71.3 Å². The highest BCUT2D eigenvalue weighted by molar-refractivity contribution is 7.99. The first-order valence-corrected chi connectivity index (χ1v) is 9.81. The van der Waals surface area contributed by atoms with Gasteiger partial charge in [0.15, 0.2) is 0 Å². The molecule has 0 aromatic heterocycles. The fourth-order valence-corrected chi connectivity index (χ4v) is 5.49. The third-order valence-corrected chi connectivity index (χ3v) is 6.45. The zero-order chi connectivity index (χ0) is 13.5. The molecular weight excluding hydrogens is 250 g/mol. The predicted octanol–water partition coefficient (Wildman–Crippen LogP) is 4.71. The van der Waals surface area contributed by atoms with Gasteiger partial charge in [-0.3, -0.25) is 0 Å². The molecule has 19 heavy (non-hydrogen) atoms. The lowest BCUT2D eigenvalue weighted by Gasteiger charge is -2.39. The van der Waals surface area contributed by atoms with Gasteiger partial charge in [0, 0.05) is 6.04 Å². The van der Waals surface area contributed by atoms with E-state index in [-0.39, 0.29) is 0 Å². The van der Waals surface area contributed by atoms with Crippen LogP contribution < -0.4 is 5.32 Å². The van der Waals surface area contributed by atoms with Crippen LogP contribution >= 0.6 is 11.8 Å². The van der Waals surface area contributed by atoms with Crippen LogP contribution in [-0.4, -0.2) is 24.1 Å². The lowest BCUT2D eigenvalue weighted by molar-refractivity contribution is 0.156. The summed E-state index contributed by atoms with van der Waals surface area (Å²) in [5, 5.41) is 3.86. The van der Waals surface area contributed by atoms with Crippen molar-refractivity contribution in [3.8, 4) is 0 Å². The summed E-state index contributed by atoms with van der Waals surface area (Å²) in [7, 11) is 0. The van der Waals surface area contributed by atoms with Gasteiger partial charge in [-0.1, -0.05) is 39.5 Å². The molecule has 0 aromatic carbocycles. The van der Waals surface area contributed by atoms with Gasteiger partial charge in [-0.15, -0.1) is 0 Å². The number of nitrogens with one attached hydrogen (secondary N) is 1. The second kappa shape index (κ2) is 8.56. The van der Waals surface area contributed by atoms with Gasteiger partial charge in [0.1, 0.15) is 0 Å². The Balaban J connectivity index is 1.92. The maximum Gasteiger partial charge on any atom is 0.0100 e. The standard InChI is InChI=1S/C17H33NS/c1-3-15-7-5-6-8-16(15)17(18-4-2)13-14-9-11-19-12-10-14/h14-18H,3-13H2,1-2H3. The molecule has 3 unspecified atom stereocenters. The molecule has 112 valence electrons. The lowest BCUT2D eigenvalue weighted by Crippen LogP contribution is -2.42. The van der Waals surface area contributed by atoms with Crippen LogP contribution in [0.1, 0.15) is 65.2 Å². The van der Waals surface area contributed by atoms with Gasteiger partial charge in [-0.25, -0.2) is 0 Å². The molecule has 2 aliphatic rings. The van der Waals surface area contributed by atoms with E-state index in [1.54, 1.807) is 0 Å². The Bertz CT molecular complexity index is 237. The van der Waals surface area contributed by atoms with Crippen LogP contribution in [0.5, 0.6) is 0 Å². The first-order valence-electron chi connectivity index (χ1n) is 8.66. The molecular formula is C17H33NS. The van der Waals surface area contributed by atoms with E-state index in [0.717, 1.165) is 30.3 Å². The summed E-state index contributed by atoms with van der Waals surface area (Å²) in [5.74, 6) is 5.78. The molecule has 1 saturated carbocycles. The van der Waals surface area contributed by atoms with Gasteiger partial charge in [0.2, 0.25) is 0 Å². The molecule has 0 aromatic rings. The van der Waals surface area contributed by atoms with E-state index in [2.05, 4.69) is 30.9 Å². The van der Waals surface area contributed by atoms with Crippen LogP contribution in [0.3, 0.4) is 0 Å². The molecule has 3 atom stereocenters. The number of rotatable bonds is 6. The normalized spacial score (nSPS) is 31.3. The van der Waals surface area contributed by atoms with Gasteiger partial charge in [-0.05, 0) is 61.5 Å². The SMILES string of the molecule is CCNC(CC1CCSCC1)C1CCCCC1CC. The Kier molecular flexibility index (Phi) is 7.07. The van der Waals surface area contributed by atoms with Crippen molar-refractivity contribution in [1.29, 1.82) is 0 Å². The van der Waals surface area contributed by atoms with Crippen LogP contribution in [0, 0.1) is 17.8 Å². The third kappa shape index (κ3) is 4.67. The van der Waals surface area contributed by atoms with Crippen molar-refractivity contribution in [3.05, 3.63) is 0 Å². The van der Waals surface area contributed by atoms with E-state index < -0.39 is 0 Å².